The molecule has 0 amide bonds. The topological polar surface area (TPSA) is 64.5 Å². The van der Waals surface area contributed by atoms with Crippen molar-refractivity contribution in [2.75, 3.05) is 36.7 Å². The van der Waals surface area contributed by atoms with Crippen molar-refractivity contribution in [3.05, 3.63) is 71.8 Å². The number of fused-ring (bicyclic) bond motifs is 3. The van der Waals surface area contributed by atoms with Crippen LogP contribution in [0.5, 0.6) is 5.75 Å². The molecule has 1 heterocycles. The molecule has 0 spiro atoms. The zero-order valence-electron chi connectivity index (χ0n) is 15.2. The highest BCUT2D eigenvalue weighted by Crippen LogP contribution is 2.47. The van der Waals surface area contributed by atoms with Crippen molar-refractivity contribution in [3.8, 4) is 16.9 Å². The van der Waals surface area contributed by atoms with Crippen LogP contribution in [0.25, 0.3) is 11.1 Å². The van der Waals surface area contributed by atoms with Crippen LogP contribution in [0.15, 0.2) is 60.7 Å². The molecule has 1 unspecified atom stereocenters. The largest absolute Gasteiger partial charge is 0.491 e. The Hall–Kier alpha value is -3.21. The van der Waals surface area contributed by atoms with Crippen LogP contribution < -0.4 is 21.1 Å². The van der Waals surface area contributed by atoms with E-state index in [4.69, 9.17) is 16.2 Å². The van der Waals surface area contributed by atoms with Crippen LogP contribution >= 0.6 is 0 Å². The molecule has 0 bridgehead atoms. The molecule has 138 valence electrons. The Morgan fingerprint density at radius 3 is 2.30 bits per heavy atom. The zero-order chi connectivity index (χ0) is 19.0. The summed E-state index contributed by atoms with van der Waals surface area (Å²) < 4.78 is 17.7. The smallest absolute Gasteiger partial charge is 0.123 e. The first-order valence-corrected chi connectivity index (χ1v) is 8.89. The van der Waals surface area contributed by atoms with Crippen molar-refractivity contribution in [1.82, 2.24) is 0 Å². The van der Waals surface area contributed by atoms with Crippen molar-refractivity contribution in [1.29, 1.82) is 0 Å². The van der Waals surface area contributed by atoms with Crippen molar-refractivity contribution in [2.24, 2.45) is 0 Å². The number of halogens is 1. The summed E-state index contributed by atoms with van der Waals surface area (Å²) in [6, 6.07) is 19.8. The lowest BCUT2D eigenvalue weighted by atomic mass is 9.85. The Kier molecular flexibility index (Phi) is 4.36. The van der Waals surface area contributed by atoms with Gasteiger partial charge in [-0.1, -0.05) is 24.3 Å². The standard InChI is InChI=1S/C22H22FN3O/c1-26-21-13-16(25)5-9-19(21)18-8-4-15(24)12-20(18)22(26)14-2-6-17(7-3-14)27-11-10-23/h2-9,12-13,22H,10-11,24-25H2,1H3/i23-1. The van der Waals surface area contributed by atoms with E-state index >= 15 is 0 Å². The molecule has 1 aliphatic heterocycles. The summed E-state index contributed by atoms with van der Waals surface area (Å²) in [5.74, 6) is 0.660. The molecular formula is C22H22FN3O. The van der Waals surface area contributed by atoms with E-state index in [0.29, 0.717) is 5.75 Å². The number of rotatable bonds is 4. The van der Waals surface area contributed by atoms with Crippen molar-refractivity contribution in [3.63, 3.8) is 0 Å². The van der Waals surface area contributed by atoms with Gasteiger partial charge < -0.3 is 21.1 Å². The summed E-state index contributed by atoms with van der Waals surface area (Å²) in [6.45, 7) is -0.438. The summed E-state index contributed by atoms with van der Waals surface area (Å²) in [6.07, 6.45) is 0. The van der Waals surface area contributed by atoms with Crippen LogP contribution in [-0.2, 0) is 0 Å². The molecule has 0 saturated heterocycles. The van der Waals surface area contributed by atoms with Crippen LogP contribution in [-0.4, -0.2) is 20.3 Å². The molecule has 5 heteroatoms. The second kappa shape index (κ2) is 6.83. The van der Waals surface area contributed by atoms with E-state index in [1.807, 2.05) is 48.5 Å². The van der Waals surface area contributed by atoms with Crippen molar-refractivity contribution < 1.29 is 9.13 Å². The lowest BCUT2D eigenvalue weighted by Gasteiger charge is -2.38. The van der Waals surface area contributed by atoms with E-state index < -0.39 is 6.67 Å². The maximum Gasteiger partial charge on any atom is 0.123 e. The van der Waals surface area contributed by atoms with Gasteiger partial charge >= 0.3 is 0 Å². The average molecular weight is 362 g/mol. The lowest BCUT2D eigenvalue weighted by molar-refractivity contribution is 0.273. The molecule has 3 aromatic carbocycles. The molecule has 0 radical (unpaired) electrons. The fourth-order valence-electron chi connectivity index (χ4n) is 3.77. The van der Waals surface area contributed by atoms with Gasteiger partial charge in [0.05, 0.1) is 6.04 Å². The lowest BCUT2D eigenvalue weighted by Crippen LogP contribution is -2.29. The fourth-order valence-corrected chi connectivity index (χ4v) is 3.77. The van der Waals surface area contributed by atoms with Crippen LogP contribution in [0.4, 0.5) is 21.5 Å². The first kappa shape index (κ1) is 17.2. The predicted octanol–water partition coefficient (Wildman–Crippen LogP) is 4.41. The van der Waals surface area contributed by atoms with E-state index in [-0.39, 0.29) is 12.6 Å². The Morgan fingerprint density at radius 2 is 1.59 bits per heavy atom. The Morgan fingerprint density at radius 1 is 0.926 bits per heavy atom. The minimum Gasteiger partial charge on any atom is -0.491 e. The van der Waals surface area contributed by atoms with Gasteiger partial charge in [0.15, 0.2) is 0 Å². The van der Waals surface area contributed by atoms with Gasteiger partial charge in [0.2, 0.25) is 0 Å². The number of nitrogen functional groups attached to an aromatic ring is 2. The molecule has 4 rings (SSSR count). The molecule has 0 saturated carbocycles. The normalized spacial score (nSPS) is 15.2. The van der Waals surface area contributed by atoms with E-state index in [9.17, 15) is 4.39 Å². The second-order valence-electron chi connectivity index (χ2n) is 6.74. The summed E-state index contributed by atoms with van der Waals surface area (Å²) in [5, 5.41) is 0. The van der Waals surface area contributed by atoms with Gasteiger partial charge in [0.1, 0.15) is 19.0 Å². The van der Waals surface area contributed by atoms with Crippen molar-refractivity contribution >= 4 is 17.1 Å². The highest BCUT2D eigenvalue weighted by atomic mass is 18.2. The number of alkyl halides is 1. The molecule has 27 heavy (non-hydrogen) atoms. The molecule has 0 fully saturated rings. The summed E-state index contributed by atoms with van der Waals surface area (Å²) in [5.41, 5.74) is 19.2. The third-order valence-electron chi connectivity index (χ3n) is 4.99. The summed E-state index contributed by atoms with van der Waals surface area (Å²) in [7, 11) is 2.06. The minimum atomic E-state index is -0.502. The van der Waals surface area contributed by atoms with E-state index in [2.05, 4.69) is 24.1 Å². The first-order chi connectivity index (χ1) is 13.1. The molecule has 4 nitrogen and oxygen atoms in total. The maximum absolute atomic E-state index is 12.3. The second-order valence-corrected chi connectivity index (χ2v) is 6.74. The molecule has 3 aromatic rings. The van der Waals surface area contributed by atoms with Crippen LogP contribution in [0.3, 0.4) is 0 Å². The third-order valence-corrected chi connectivity index (χ3v) is 4.99. The monoisotopic (exact) mass is 362 g/mol. The number of ether oxygens (including phenoxy) is 1. The number of hydrogen-bond acceptors (Lipinski definition) is 4. The molecule has 1 atom stereocenters. The number of hydrogen-bond donors (Lipinski definition) is 2. The molecule has 0 aromatic heterocycles. The van der Waals surface area contributed by atoms with Gasteiger partial charge in [-0.15, -0.1) is 0 Å². The van der Waals surface area contributed by atoms with Gasteiger partial charge in [-0.3, -0.25) is 0 Å². The highest BCUT2D eigenvalue weighted by molar-refractivity contribution is 5.88. The fraction of sp³-hybridized carbons (Fsp3) is 0.182. The molecular weight excluding hydrogens is 340 g/mol. The van der Waals surface area contributed by atoms with Gasteiger partial charge in [0.25, 0.3) is 0 Å². The van der Waals surface area contributed by atoms with Gasteiger partial charge in [-0.05, 0) is 53.1 Å². The van der Waals surface area contributed by atoms with E-state index in [1.54, 1.807) is 0 Å². The molecule has 1 aliphatic rings. The van der Waals surface area contributed by atoms with Crippen LogP contribution in [0, 0.1) is 0 Å². The number of nitrogens with zero attached hydrogens (tertiary/aromatic N) is 1. The quantitative estimate of drug-likeness (QED) is 0.675. The van der Waals surface area contributed by atoms with Crippen LogP contribution in [0.1, 0.15) is 17.2 Å². The Labute approximate surface area is 158 Å². The number of benzene rings is 3. The summed E-state index contributed by atoms with van der Waals surface area (Å²) >= 11 is 0. The number of anilines is 3. The minimum absolute atomic E-state index is 0.00646. The Bertz CT molecular complexity index is 972. The maximum atomic E-state index is 12.3. The van der Waals surface area contributed by atoms with Crippen LogP contribution in [0.2, 0.25) is 0 Å². The molecule has 4 N–H and O–H groups in total. The highest BCUT2D eigenvalue weighted by Gasteiger charge is 2.30. The first-order valence-electron chi connectivity index (χ1n) is 8.89. The Balaban J connectivity index is 1.82. The van der Waals surface area contributed by atoms with E-state index in [0.717, 1.165) is 39.3 Å². The third kappa shape index (κ3) is 3.05. The molecule has 0 aliphatic carbocycles. The zero-order valence-corrected chi connectivity index (χ0v) is 15.2. The van der Waals surface area contributed by atoms with Crippen molar-refractivity contribution in [2.45, 2.75) is 6.04 Å². The predicted molar refractivity (Wildman–Crippen MR) is 109 cm³/mol. The number of nitrogens with two attached hydrogens (primary N) is 2. The SMILES string of the molecule is CN1c2cc(N)ccc2-c2ccc(N)cc2C1c1ccc(OCC[18F])cc1. The van der Waals surface area contributed by atoms with Gasteiger partial charge in [-0.25, -0.2) is 4.39 Å². The summed E-state index contributed by atoms with van der Waals surface area (Å²) in [4.78, 5) is 2.21. The van der Waals surface area contributed by atoms with Gasteiger partial charge in [-0.2, -0.15) is 0 Å². The van der Waals surface area contributed by atoms with E-state index in [1.165, 1.54) is 0 Å². The average Bonchev–Trinajstić information content (AvgIpc) is 2.67. The van der Waals surface area contributed by atoms with Gasteiger partial charge in [0, 0.05) is 29.7 Å².